The lowest BCUT2D eigenvalue weighted by atomic mass is 9.89. The van der Waals surface area contributed by atoms with E-state index in [1.165, 1.54) is 6.42 Å². The summed E-state index contributed by atoms with van der Waals surface area (Å²) in [5.74, 6) is -0.0488. The zero-order valence-electron chi connectivity index (χ0n) is 17.6. The predicted octanol–water partition coefficient (Wildman–Crippen LogP) is 5.40. The van der Waals surface area contributed by atoms with Crippen molar-refractivity contribution < 1.29 is 14.3 Å². The third-order valence-electron chi connectivity index (χ3n) is 5.73. The van der Waals surface area contributed by atoms with E-state index in [0.29, 0.717) is 16.9 Å². The second-order valence-electron chi connectivity index (χ2n) is 8.03. The van der Waals surface area contributed by atoms with Crippen LogP contribution in [0.15, 0.2) is 65.8 Å². The Labute approximate surface area is 182 Å². The molecular weight excluding hydrogens is 388 g/mol. The van der Waals surface area contributed by atoms with Crippen LogP contribution in [0.4, 0.5) is 0 Å². The van der Waals surface area contributed by atoms with Crippen molar-refractivity contribution in [2.45, 2.75) is 39.0 Å². The van der Waals surface area contributed by atoms with E-state index in [-0.39, 0.29) is 11.8 Å². The van der Waals surface area contributed by atoms with E-state index in [1.807, 2.05) is 49.4 Å². The average Bonchev–Trinajstić information content (AvgIpc) is 2.80. The first-order valence-corrected chi connectivity index (χ1v) is 10.8. The van der Waals surface area contributed by atoms with Gasteiger partial charge in [-0.05, 0) is 48.7 Å². The topological polar surface area (TPSA) is 67.8 Å². The van der Waals surface area contributed by atoms with Gasteiger partial charge in [0.05, 0.1) is 11.8 Å². The van der Waals surface area contributed by atoms with Crippen molar-refractivity contribution in [1.29, 1.82) is 0 Å². The molecule has 3 aromatic carbocycles. The van der Waals surface area contributed by atoms with E-state index in [2.05, 4.69) is 10.5 Å². The fraction of sp³-hybridized carbons (Fsp3) is 0.269. The molecule has 1 fully saturated rings. The van der Waals surface area contributed by atoms with Gasteiger partial charge in [0.25, 0.3) is 0 Å². The summed E-state index contributed by atoms with van der Waals surface area (Å²) in [5, 5.41) is 6.10. The van der Waals surface area contributed by atoms with Gasteiger partial charge in [0, 0.05) is 11.5 Å². The zero-order chi connectivity index (χ0) is 21.6. The van der Waals surface area contributed by atoms with Crippen molar-refractivity contribution in [3.8, 4) is 5.75 Å². The summed E-state index contributed by atoms with van der Waals surface area (Å²) in [4.78, 5) is 25.1. The number of benzene rings is 3. The molecule has 5 nitrogen and oxygen atoms in total. The van der Waals surface area contributed by atoms with E-state index in [0.717, 1.165) is 42.0 Å². The molecule has 1 amide bonds. The molecule has 0 unspecified atom stereocenters. The van der Waals surface area contributed by atoms with Gasteiger partial charge in [0.15, 0.2) is 0 Å². The molecule has 4 rings (SSSR count). The number of aryl methyl sites for hydroxylation is 1. The monoisotopic (exact) mass is 414 g/mol. The van der Waals surface area contributed by atoms with Gasteiger partial charge in [-0.3, -0.25) is 4.79 Å². The Balaban J connectivity index is 1.59. The molecule has 0 bridgehead atoms. The van der Waals surface area contributed by atoms with Crippen molar-refractivity contribution in [2.75, 3.05) is 0 Å². The number of nitrogens with zero attached hydrogens (tertiary/aromatic N) is 1. The first kappa shape index (κ1) is 20.8. The van der Waals surface area contributed by atoms with Crippen LogP contribution in [0, 0.1) is 12.8 Å². The minimum absolute atomic E-state index is 0.0250. The zero-order valence-corrected chi connectivity index (χ0v) is 17.6. The second-order valence-corrected chi connectivity index (χ2v) is 8.03. The number of hydrogen-bond donors (Lipinski definition) is 1. The first-order chi connectivity index (χ1) is 15.1. The normalized spacial score (nSPS) is 14.6. The van der Waals surface area contributed by atoms with Crippen LogP contribution in [0.2, 0.25) is 0 Å². The molecule has 3 aromatic rings. The quantitative estimate of drug-likeness (QED) is 0.263. The Morgan fingerprint density at radius 3 is 2.61 bits per heavy atom. The molecule has 0 heterocycles. The maximum absolute atomic E-state index is 12.7. The van der Waals surface area contributed by atoms with Gasteiger partial charge in [-0.2, -0.15) is 5.10 Å². The highest BCUT2D eigenvalue weighted by molar-refractivity contribution is 6.04. The van der Waals surface area contributed by atoms with Gasteiger partial charge in [-0.25, -0.2) is 10.2 Å². The standard InChI is InChI=1S/C26H26N2O3/c1-18-8-7-12-21(16-18)26(30)31-24-15-14-19-9-5-6-13-22(19)23(24)17-27-28-25(29)20-10-3-2-4-11-20/h5-9,12-17,20H,2-4,10-11H2,1H3,(H,28,29)/b27-17+. The minimum atomic E-state index is -0.431. The third-order valence-corrected chi connectivity index (χ3v) is 5.73. The summed E-state index contributed by atoms with van der Waals surface area (Å²) < 4.78 is 5.73. The second kappa shape index (κ2) is 9.56. The highest BCUT2D eigenvalue weighted by atomic mass is 16.5. The number of rotatable bonds is 5. The summed E-state index contributed by atoms with van der Waals surface area (Å²) >= 11 is 0. The molecule has 0 saturated heterocycles. The van der Waals surface area contributed by atoms with Crippen molar-refractivity contribution >= 4 is 28.9 Å². The number of hydrazone groups is 1. The first-order valence-electron chi connectivity index (χ1n) is 10.8. The summed E-state index contributed by atoms with van der Waals surface area (Å²) in [6.45, 7) is 1.93. The summed E-state index contributed by atoms with van der Waals surface area (Å²) in [6.07, 6.45) is 6.76. The lowest BCUT2D eigenvalue weighted by molar-refractivity contribution is -0.125. The molecule has 0 atom stereocenters. The van der Waals surface area contributed by atoms with Crippen LogP contribution >= 0.6 is 0 Å². The van der Waals surface area contributed by atoms with Crippen LogP contribution in [0.25, 0.3) is 10.8 Å². The lowest BCUT2D eigenvalue weighted by Gasteiger charge is -2.19. The number of hydrogen-bond acceptors (Lipinski definition) is 4. The van der Waals surface area contributed by atoms with Crippen LogP contribution in [0.1, 0.15) is 53.6 Å². The number of amides is 1. The van der Waals surface area contributed by atoms with Crippen molar-refractivity contribution in [2.24, 2.45) is 11.0 Å². The van der Waals surface area contributed by atoms with Crippen molar-refractivity contribution in [3.05, 3.63) is 77.4 Å². The summed E-state index contributed by atoms with van der Waals surface area (Å²) in [5.41, 5.74) is 4.80. The van der Waals surface area contributed by atoms with Gasteiger partial charge in [-0.15, -0.1) is 0 Å². The molecule has 0 spiro atoms. The number of ether oxygens (including phenoxy) is 1. The SMILES string of the molecule is Cc1cccc(C(=O)Oc2ccc3ccccc3c2/C=N/NC(=O)C2CCCCC2)c1. The lowest BCUT2D eigenvalue weighted by Crippen LogP contribution is -2.28. The van der Waals surface area contributed by atoms with Gasteiger partial charge in [-0.1, -0.05) is 67.3 Å². The van der Waals surface area contributed by atoms with Gasteiger partial charge in [0.2, 0.25) is 5.91 Å². The number of nitrogens with one attached hydrogen (secondary N) is 1. The molecule has 1 N–H and O–H groups in total. The van der Waals surface area contributed by atoms with Crippen LogP contribution in [-0.4, -0.2) is 18.1 Å². The van der Waals surface area contributed by atoms with Crippen LogP contribution in [-0.2, 0) is 4.79 Å². The Hall–Kier alpha value is -3.47. The highest BCUT2D eigenvalue weighted by Gasteiger charge is 2.20. The number of fused-ring (bicyclic) bond motifs is 1. The minimum Gasteiger partial charge on any atom is -0.422 e. The van der Waals surface area contributed by atoms with E-state index < -0.39 is 5.97 Å². The molecular formula is C26H26N2O3. The molecule has 5 heteroatoms. The fourth-order valence-electron chi connectivity index (χ4n) is 4.05. The maximum Gasteiger partial charge on any atom is 0.343 e. The number of carbonyl (C=O) groups is 2. The highest BCUT2D eigenvalue weighted by Crippen LogP contribution is 2.28. The van der Waals surface area contributed by atoms with Gasteiger partial charge in [0.1, 0.15) is 5.75 Å². The molecule has 1 aliphatic rings. The molecule has 0 aliphatic heterocycles. The van der Waals surface area contributed by atoms with Crippen molar-refractivity contribution in [1.82, 2.24) is 5.43 Å². The molecule has 0 radical (unpaired) electrons. The molecule has 158 valence electrons. The Morgan fingerprint density at radius 2 is 1.81 bits per heavy atom. The fourth-order valence-corrected chi connectivity index (χ4v) is 4.05. The largest absolute Gasteiger partial charge is 0.422 e. The summed E-state index contributed by atoms with van der Waals surface area (Å²) in [7, 11) is 0. The van der Waals surface area contributed by atoms with Crippen LogP contribution < -0.4 is 10.2 Å². The Morgan fingerprint density at radius 1 is 1.00 bits per heavy atom. The van der Waals surface area contributed by atoms with E-state index in [1.54, 1.807) is 24.4 Å². The smallest absolute Gasteiger partial charge is 0.343 e. The van der Waals surface area contributed by atoms with Crippen LogP contribution in [0.3, 0.4) is 0 Å². The third kappa shape index (κ3) is 5.00. The molecule has 1 saturated carbocycles. The van der Waals surface area contributed by atoms with E-state index >= 15 is 0 Å². The summed E-state index contributed by atoms with van der Waals surface area (Å²) in [6, 6.07) is 18.8. The molecule has 31 heavy (non-hydrogen) atoms. The number of esters is 1. The van der Waals surface area contributed by atoms with E-state index in [9.17, 15) is 9.59 Å². The molecule has 1 aliphatic carbocycles. The van der Waals surface area contributed by atoms with E-state index in [4.69, 9.17) is 4.74 Å². The number of carbonyl (C=O) groups excluding carboxylic acids is 2. The maximum atomic E-state index is 12.7. The molecule has 0 aromatic heterocycles. The van der Waals surface area contributed by atoms with Gasteiger partial charge < -0.3 is 4.74 Å². The predicted molar refractivity (Wildman–Crippen MR) is 122 cm³/mol. The van der Waals surface area contributed by atoms with Crippen molar-refractivity contribution in [3.63, 3.8) is 0 Å². The Bertz CT molecular complexity index is 1130. The van der Waals surface area contributed by atoms with Gasteiger partial charge >= 0.3 is 5.97 Å². The van der Waals surface area contributed by atoms with Crippen LogP contribution in [0.5, 0.6) is 5.75 Å². The Kier molecular flexibility index (Phi) is 6.41. The average molecular weight is 415 g/mol.